The maximum Gasteiger partial charge on any atom is 0.135 e. The number of hydrogen-bond acceptors (Lipinski definition) is 1. The molecular formula is C12H6FO. The summed E-state index contributed by atoms with van der Waals surface area (Å²) in [5, 5.41) is 1.71. The van der Waals surface area contributed by atoms with Gasteiger partial charge in [0.2, 0.25) is 0 Å². The third-order valence-electron chi connectivity index (χ3n) is 2.28. The van der Waals surface area contributed by atoms with Crippen LogP contribution in [-0.2, 0) is 0 Å². The zero-order chi connectivity index (χ0) is 9.54. The number of furan rings is 1. The van der Waals surface area contributed by atoms with Crippen LogP contribution in [0.3, 0.4) is 0 Å². The fraction of sp³-hybridized carbons (Fsp3) is 0. The monoisotopic (exact) mass is 185 g/mol. The van der Waals surface area contributed by atoms with E-state index in [9.17, 15) is 4.39 Å². The van der Waals surface area contributed by atoms with Crippen molar-refractivity contribution in [2.24, 2.45) is 0 Å². The number of fused-ring (bicyclic) bond motifs is 3. The lowest BCUT2D eigenvalue weighted by Gasteiger charge is -1.88. The fourth-order valence-electron chi connectivity index (χ4n) is 1.64. The fourth-order valence-corrected chi connectivity index (χ4v) is 1.64. The predicted molar refractivity (Wildman–Crippen MR) is 52.5 cm³/mol. The maximum absolute atomic E-state index is 13.0. The van der Waals surface area contributed by atoms with Gasteiger partial charge in [0, 0.05) is 10.8 Å². The molecule has 14 heavy (non-hydrogen) atoms. The highest BCUT2D eigenvalue weighted by Gasteiger charge is 2.05. The van der Waals surface area contributed by atoms with E-state index in [1.807, 2.05) is 6.07 Å². The molecule has 2 aromatic carbocycles. The molecule has 0 N–H and O–H groups in total. The first-order valence-electron chi connectivity index (χ1n) is 4.32. The summed E-state index contributed by atoms with van der Waals surface area (Å²) in [5.41, 5.74) is 1.48. The molecule has 0 saturated heterocycles. The topological polar surface area (TPSA) is 13.1 Å². The minimum atomic E-state index is -0.246. The second kappa shape index (κ2) is 2.58. The minimum absolute atomic E-state index is 0.246. The Morgan fingerprint density at radius 3 is 2.86 bits per heavy atom. The average molecular weight is 185 g/mol. The van der Waals surface area contributed by atoms with Gasteiger partial charge < -0.3 is 4.42 Å². The van der Waals surface area contributed by atoms with Crippen molar-refractivity contribution in [3.63, 3.8) is 0 Å². The maximum atomic E-state index is 13.0. The summed E-state index contributed by atoms with van der Waals surface area (Å²) >= 11 is 0. The van der Waals surface area contributed by atoms with Crippen molar-refractivity contribution in [1.29, 1.82) is 0 Å². The molecule has 0 unspecified atom stereocenters. The number of rotatable bonds is 0. The Bertz CT molecular complexity index is 610. The zero-order valence-corrected chi connectivity index (χ0v) is 7.25. The molecule has 0 aliphatic rings. The Balaban J connectivity index is 2.58. The van der Waals surface area contributed by atoms with E-state index in [0.717, 1.165) is 16.4 Å². The van der Waals surface area contributed by atoms with Crippen LogP contribution in [-0.4, -0.2) is 0 Å². The molecule has 1 radical (unpaired) electrons. The Morgan fingerprint density at radius 2 is 1.93 bits per heavy atom. The SMILES string of the molecule is Fc1ccc2oc3cc[c]cc3c2c1. The standard InChI is InChI=1S/C12H6FO/c13-8-5-6-12-10(7-8)9-3-1-2-4-11(9)14-12/h2-7H. The molecule has 0 atom stereocenters. The molecule has 1 heterocycles. The van der Waals surface area contributed by atoms with Gasteiger partial charge in [-0.25, -0.2) is 4.39 Å². The van der Waals surface area contributed by atoms with E-state index in [1.165, 1.54) is 12.1 Å². The quantitative estimate of drug-likeness (QED) is 0.522. The Morgan fingerprint density at radius 1 is 1.07 bits per heavy atom. The summed E-state index contributed by atoms with van der Waals surface area (Å²) in [5.74, 6) is -0.246. The second-order valence-electron chi connectivity index (χ2n) is 3.16. The molecular weight excluding hydrogens is 179 g/mol. The van der Waals surface area contributed by atoms with Crippen molar-refractivity contribution in [2.75, 3.05) is 0 Å². The van der Waals surface area contributed by atoms with E-state index in [-0.39, 0.29) is 5.82 Å². The van der Waals surface area contributed by atoms with Crippen LogP contribution >= 0.6 is 0 Å². The summed E-state index contributed by atoms with van der Waals surface area (Å²) in [4.78, 5) is 0. The molecule has 0 amide bonds. The van der Waals surface area contributed by atoms with E-state index in [4.69, 9.17) is 4.42 Å². The number of benzene rings is 2. The first-order valence-corrected chi connectivity index (χ1v) is 4.32. The summed E-state index contributed by atoms with van der Waals surface area (Å²) in [6, 6.07) is 12.9. The van der Waals surface area contributed by atoms with Crippen molar-refractivity contribution < 1.29 is 8.81 Å². The van der Waals surface area contributed by atoms with E-state index < -0.39 is 0 Å². The van der Waals surface area contributed by atoms with Crippen LogP contribution in [0.5, 0.6) is 0 Å². The molecule has 3 rings (SSSR count). The second-order valence-corrected chi connectivity index (χ2v) is 3.16. The zero-order valence-electron chi connectivity index (χ0n) is 7.25. The average Bonchev–Trinajstić information content (AvgIpc) is 2.56. The first kappa shape index (κ1) is 7.56. The lowest BCUT2D eigenvalue weighted by atomic mass is 10.1. The van der Waals surface area contributed by atoms with E-state index in [1.54, 1.807) is 18.2 Å². The van der Waals surface area contributed by atoms with Crippen molar-refractivity contribution in [3.05, 3.63) is 48.3 Å². The van der Waals surface area contributed by atoms with Gasteiger partial charge in [-0.2, -0.15) is 0 Å². The van der Waals surface area contributed by atoms with Crippen LogP contribution in [0.4, 0.5) is 4.39 Å². The molecule has 2 heteroatoms. The third-order valence-corrected chi connectivity index (χ3v) is 2.28. The molecule has 0 spiro atoms. The van der Waals surface area contributed by atoms with Gasteiger partial charge in [-0.3, -0.25) is 0 Å². The lowest BCUT2D eigenvalue weighted by Crippen LogP contribution is -1.70. The van der Waals surface area contributed by atoms with Crippen LogP contribution in [0.2, 0.25) is 0 Å². The van der Waals surface area contributed by atoms with Gasteiger partial charge in [-0.05, 0) is 36.4 Å². The van der Waals surface area contributed by atoms with Gasteiger partial charge in [0.25, 0.3) is 0 Å². The van der Waals surface area contributed by atoms with Crippen molar-refractivity contribution in [1.82, 2.24) is 0 Å². The predicted octanol–water partition coefficient (Wildman–Crippen LogP) is 3.53. The van der Waals surface area contributed by atoms with Gasteiger partial charge >= 0.3 is 0 Å². The molecule has 0 aliphatic heterocycles. The Hall–Kier alpha value is -1.83. The van der Waals surface area contributed by atoms with E-state index in [0.29, 0.717) is 5.58 Å². The highest BCUT2D eigenvalue weighted by molar-refractivity contribution is 6.04. The lowest BCUT2D eigenvalue weighted by molar-refractivity contribution is 0.626. The minimum Gasteiger partial charge on any atom is -0.456 e. The summed E-state index contributed by atoms with van der Waals surface area (Å²) in [6.07, 6.45) is 0. The molecule has 0 aliphatic carbocycles. The normalized spacial score (nSPS) is 11.2. The smallest absolute Gasteiger partial charge is 0.135 e. The summed E-state index contributed by atoms with van der Waals surface area (Å²) < 4.78 is 18.5. The molecule has 0 bridgehead atoms. The van der Waals surface area contributed by atoms with Crippen LogP contribution in [0.1, 0.15) is 0 Å². The van der Waals surface area contributed by atoms with Gasteiger partial charge in [-0.15, -0.1) is 0 Å². The largest absolute Gasteiger partial charge is 0.456 e. The molecule has 67 valence electrons. The molecule has 3 aromatic rings. The van der Waals surface area contributed by atoms with Crippen LogP contribution in [0.15, 0.2) is 40.8 Å². The molecule has 0 fully saturated rings. The number of hydrogen-bond donors (Lipinski definition) is 0. The van der Waals surface area contributed by atoms with Crippen molar-refractivity contribution in [2.45, 2.75) is 0 Å². The van der Waals surface area contributed by atoms with Gasteiger partial charge in [0.05, 0.1) is 0 Å². The Kier molecular flexibility index (Phi) is 1.39. The summed E-state index contributed by atoms with van der Waals surface area (Å²) in [7, 11) is 0. The highest BCUT2D eigenvalue weighted by Crippen LogP contribution is 2.28. The van der Waals surface area contributed by atoms with Gasteiger partial charge in [0.15, 0.2) is 0 Å². The third kappa shape index (κ3) is 0.940. The summed E-state index contributed by atoms with van der Waals surface area (Å²) in [6.45, 7) is 0. The molecule has 0 saturated carbocycles. The number of halogens is 1. The van der Waals surface area contributed by atoms with Gasteiger partial charge in [-0.1, -0.05) is 6.07 Å². The van der Waals surface area contributed by atoms with Crippen molar-refractivity contribution >= 4 is 21.9 Å². The van der Waals surface area contributed by atoms with Crippen LogP contribution < -0.4 is 0 Å². The van der Waals surface area contributed by atoms with Crippen molar-refractivity contribution in [3.8, 4) is 0 Å². The molecule has 1 nitrogen and oxygen atoms in total. The highest BCUT2D eigenvalue weighted by atomic mass is 19.1. The van der Waals surface area contributed by atoms with Gasteiger partial charge in [0.1, 0.15) is 17.0 Å². The van der Waals surface area contributed by atoms with E-state index in [2.05, 4.69) is 6.07 Å². The van der Waals surface area contributed by atoms with Crippen LogP contribution in [0, 0.1) is 11.9 Å². The van der Waals surface area contributed by atoms with E-state index >= 15 is 0 Å². The Labute approximate surface area is 79.8 Å². The first-order chi connectivity index (χ1) is 6.84. The van der Waals surface area contributed by atoms with Crippen LogP contribution in [0.25, 0.3) is 21.9 Å². The molecule has 1 aromatic heterocycles.